The van der Waals surface area contributed by atoms with Crippen LogP contribution in [0.1, 0.15) is 30.1 Å². The number of aromatic nitrogens is 1. The Bertz CT molecular complexity index is 820. The number of ether oxygens (including phenoxy) is 1. The molecular weight excluding hydrogens is 363 g/mol. The zero-order chi connectivity index (χ0) is 19.9. The van der Waals surface area contributed by atoms with Crippen molar-refractivity contribution in [1.29, 1.82) is 0 Å². The van der Waals surface area contributed by atoms with Gasteiger partial charge in [-0.05, 0) is 56.2 Å². The first-order valence-electron chi connectivity index (χ1n) is 9.26. The number of hydrogen-bond acceptors (Lipinski definition) is 5. The maximum atomic E-state index is 13.0. The molecule has 0 atom stereocenters. The van der Waals surface area contributed by atoms with Gasteiger partial charge in [0.1, 0.15) is 11.6 Å². The second kappa shape index (κ2) is 9.16. The second-order valence-electron chi connectivity index (χ2n) is 6.50. The Morgan fingerprint density at radius 1 is 1.21 bits per heavy atom. The number of rotatable bonds is 5. The van der Waals surface area contributed by atoms with Crippen LogP contribution in [0.3, 0.4) is 0 Å². The highest BCUT2D eigenvalue weighted by atomic mass is 19.1. The average Bonchev–Trinajstić information content (AvgIpc) is 2.70. The molecule has 7 nitrogen and oxygen atoms in total. The summed E-state index contributed by atoms with van der Waals surface area (Å²) in [5.74, 6) is -0.0575. The van der Waals surface area contributed by atoms with Gasteiger partial charge in [0, 0.05) is 36.6 Å². The third kappa shape index (κ3) is 5.18. The highest BCUT2D eigenvalue weighted by Gasteiger charge is 2.23. The Labute approximate surface area is 162 Å². The standard InChI is InChI=1S/C20H23FN4O3/c1-2-28-20(27)25-11-8-17(9-12-25)23-18-13-14(7-10-22-18)19(26)24-16-5-3-15(21)4-6-16/h3-7,10,13,17H,2,8-9,11-12H2,1H3,(H,22,23)(H,24,26). The van der Waals surface area contributed by atoms with Crippen molar-refractivity contribution in [1.82, 2.24) is 9.88 Å². The monoisotopic (exact) mass is 386 g/mol. The summed E-state index contributed by atoms with van der Waals surface area (Å²) in [5.41, 5.74) is 0.967. The Kier molecular flexibility index (Phi) is 6.41. The van der Waals surface area contributed by atoms with Gasteiger partial charge in [0.25, 0.3) is 5.91 Å². The topological polar surface area (TPSA) is 83.6 Å². The first kappa shape index (κ1) is 19.6. The van der Waals surface area contributed by atoms with E-state index in [9.17, 15) is 14.0 Å². The van der Waals surface area contributed by atoms with Crippen molar-refractivity contribution in [2.75, 3.05) is 30.3 Å². The van der Waals surface area contributed by atoms with Crippen LogP contribution in [0.15, 0.2) is 42.6 Å². The SMILES string of the molecule is CCOC(=O)N1CCC(Nc2cc(C(=O)Nc3ccc(F)cc3)ccn2)CC1. The first-order valence-corrected chi connectivity index (χ1v) is 9.26. The predicted molar refractivity (Wildman–Crippen MR) is 104 cm³/mol. The van der Waals surface area contributed by atoms with Crippen LogP contribution < -0.4 is 10.6 Å². The fourth-order valence-electron chi connectivity index (χ4n) is 3.02. The quantitative estimate of drug-likeness (QED) is 0.822. The lowest BCUT2D eigenvalue weighted by Crippen LogP contribution is -2.42. The lowest BCUT2D eigenvalue weighted by atomic mass is 10.1. The number of carbonyl (C=O) groups excluding carboxylic acids is 2. The zero-order valence-corrected chi connectivity index (χ0v) is 15.7. The van der Waals surface area contributed by atoms with E-state index in [-0.39, 0.29) is 23.9 Å². The van der Waals surface area contributed by atoms with Gasteiger partial charge in [-0.3, -0.25) is 4.79 Å². The van der Waals surface area contributed by atoms with E-state index < -0.39 is 0 Å². The normalized spacial score (nSPS) is 14.4. The highest BCUT2D eigenvalue weighted by molar-refractivity contribution is 6.04. The molecule has 2 amide bonds. The fourth-order valence-corrected chi connectivity index (χ4v) is 3.02. The van der Waals surface area contributed by atoms with E-state index in [4.69, 9.17) is 4.74 Å². The molecule has 1 aromatic heterocycles. The number of carbonyl (C=O) groups is 2. The summed E-state index contributed by atoms with van der Waals surface area (Å²) in [7, 11) is 0. The molecule has 2 heterocycles. The molecule has 1 saturated heterocycles. The van der Waals surface area contributed by atoms with Crippen LogP contribution in [0.4, 0.5) is 20.7 Å². The Morgan fingerprint density at radius 2 is 1.93 bits per heavy atom. The van der Waals surface area contributed by atoms with E-state index in [0.717, 1.165) is 12.8 Å². The minimum atomic E-state index is -0.359. The number of hydrogen-bond donors (Lipinski definition) is 2. The molecule has 8 heteroatoms. The molecule has 0 radical (unpaired) electrons. The van der Waals surface area contributed by atoms with E-state index in [1.165, 1.54) is 24.3 Å². The van der Waals surface area contributed by atoms with Gasteiger partial charge >= 0.3 is 6.09 Å². The van der Waals surface area contributed by atoms with Crippen molar-refractivity contribution in [2.24, 2.45) is 0 Å². The minimum Gasteiger partial charge on any atom is -0.450 e. The van der Waals surface area contributed by atoms with Crippen molar-refractivity contribution in [2.45, 2.75) is 25.8 Å². The third-order valence-electron chi connectivity index (χ3n) is 4.50. The highest BCUT2D eigenvalue weighted by Crippen LogP contribution is 2.17. The Hall–Kier alpha value is -3.16. The van der Waals surface area contributed by atoms with E-state index in [1.807, 2.05) is 0 Å². The van der Waals surface area contributed by atoms with E-state index in [1.54, 1.807) is 30.2 Å². The number of benzene rings is 1. The molecule has 1 aromatic carbocycles. The van der Waals surface area contributed by atoms with Crippen molar-refractivity contribution in [3.63, 3.8) is 0 Å². The maximum absolute atomic E-state index is 13.0. The van der Waals surface area contributed by atoms with Crippen LogP contribution in [-0.2, 0) is 4.74 Å². The number of piperidine rings is 1. The maximum Gasteiger partial charge on any atom is 0.409 e. The number of anilines is 2. The molecule has 0 spiro atoms. The van der Waals surface area contributed by atoms with Gasteiger partial charge in [0.15, 0.2) is 0 Å². The summed E-state index contributed by atoms with van der Waals surface area (Å²) in [6, 6.07) is 9.05. The van der Waals surface area contributed by atoms with Gasteiger partial charge in [-0.15, -0.1) is 0 Å². The summed E-state index contributed by atoms with van der Waals surface area (Å²) in [6.45, 7) is 3.38. The van der Waals surface area contributed by atoms with Crippen molar-refractivity contribution in [3.8, 4) is 0 Å². The third-order valence-corrected chi connectivity index (χ3v) is 4.50. The number of nitrogens with zero attached hydrogens (tertiary/aromatic N) is 2. The Morgan fingerprint density at radius 3 is 2.61 bits per heavy atom. The van der Waals surface area contributed by atoms with Gasteiger partial charge in [-0.1, -0.05) is 0 Å². The summed E-state index contributed by atoms with van der Waals surface area (Å²) in [5, 5.41) is 6.05. The van der Waals surface area contributed by atoms with Crippen LogP contribution in [0.5, 0.6) is 0 Å². The second-order valence-corrected chi connectivity index (χ2v) is 6.50. The molecule has 3 rings (SSSR count). The molecule has 0 aliphatic carbocycles. The molecule has 1 aliphatic rings. The van der Waals surface area contributed by atoms with Crippen LogP contribution in [0, 0.1) is 5.82 Å². The molecule has 1 aliphatic heterocycles. The molecule has 2 aromatic rings. The van der Waals surface area contributed by atoms with Crippen molar-refractivity contribution < 1.29 is 18.7 Å². The first-order chi connectivity index (χ1) is 13.5. The van der Waals surface area contributed by atoms with Gasteiger partial charge in [0.05, 0.1) is 6.61 Å². The number of likely N-dealkylation sites (tertiary alicyclic amines) is 1. The minimum absolute atomic E-state index is 0.161. The summed E-state index contributed by atoms with van der Waals surface area (Å²) in [4.78, 5) is 30.1. The number of nitrogens with one attached hydrogen (secondary N) is 2. The molecule has 28 heavy (non-hydrogen) atoms. The smallest absolute Gasteiger partial charge is 0.409 e. The predicted octanol–water partition coefficient (Wildman–Crippen LogP) is 3.51. The molecule has 0 bridgehead atoms. The lowest BCUT2D eigenvalue weighted by Gasteiger charge is -2.31. The van der Waals surface area contributed by atoms with E-state index >= 15 is 0 Å². The summed E-state index contributed by atoms with van der Waals surface area (Å²) in [6.07, 6.45) is 2.83. The zero-order valence-electron chi connectivity index (χ0n) is 15.7. The van der Waals surface area contributed by atoms with Crippen molar-refractivity contribution >= 4 is 23.5 Å². The molecule has 0 unspecified atom stereocenters. The molecule has 0 saturated carbocycles. The van der Waals surface area contributed by atoms with E-state index in [0.29, 0.717) is 36.8 Å². The van der Waals surface area contributed by atoms with Crippen molar-refractivity contribution in [3.05, 3.63) is 54.0 Å². The number of amides is 2. The molecule has 1 fully saturated rings. The van der Waals surface area contributed by atoms with Crippen LogP contribution in [0.25, 0.3) is 0 Å². The van der Waals surface area contributed by atoms with E-state index in [2.05, 4.69) is 15.6 Å². The van der Waals surface area contributed by atoms with Crippen LogP contribution >= 0.6 is 0 Å². The van der Waals surface area contributed by atoms with Crippen LogP contribution in [-0.4, -0.2) is 47.6 Å². The van der Waals surface area contributed by atoms with Crippen LogP contribution in [0.2, 0.25) is 0 Å². The average molecular weight is 386 g/mol. The summed E-state index contributed by atoms with van der Waals surface area (Å²) < 4.78 is 18.0. The Balaban J connectivity index is 1.55. The lowest BCUT2D eigenvalue weighted by molar-refractivity contribution is 0.0981. The van der Waals surface area contributed by atoms with Gasteiger partial charge in [-0.25, -0.2) is 14.2 Å². The van der Waals surface area contributed by atoms with Gasteiger partial charge in [0.2, 0.25) is 0 Å². The largest absolute Gasteiger partial charge is 0.450 e. The number of halogens is 1. The fraction of sp³-hybridized carbons (Fsp3) is 0.350. The molecule has 2 N–H and O–H groups in total. The van der Waals surface area contributed by atoms with Gasteiger partial charge < -0.3 is 20.3 Å². The summed E-state index contributed by atoms with van der Waals surface area (Å²) >= 11 is 0. The van der Waals surface area contributed by atoms with Gasteiger partial charge in [-0.2, -0.15) is 0 Å². The molecule has 148 valence electrons. The molecular formula is C20H23FN4O3. The number of pyridine rings is 1.